The monoisotopic (exact) mass is 397 g/mol. The highest BCUT2D eigenvalue weighted by Gasteiger charge is 2.15. The summed E-state index contributed by atoms with van der Waals surface area (Å²) >= 11 is 0. The largest absolute Gasteiger partial charge is 0.372 e. The van der Waals surface area contributed by atoms with E-state index in [1.807, 2.05) is 24.3 Å². The van der Waals surface area contributed by atoms with Gasteiger partial charge in [-0.15, -0.1) is 0 Å². The number of piperidine rings is 1. The van der Waals surface area contributed by atoms with Crippen molar-refractivity contribution in [2.45, 2.75) is 32.6 Å². The number of nitrogens with zero attached hydrogens (tertiary/aromatic N) is 2. The van der Waals surface area contributed by atoms with Crippen molar-refractivity contribution in [3.8, 4) is 0 Å². The number of rotatable bonds is 7. The van der Waals surface area contributed by atoms with E-state index in [0.717, 1.165) is 24.3 Å². The summed E-state index contributed by atoms with van der Waals surface area (Å²) in [7, 11) is 0. The summed E-state index contributed by atoms with van der Waals surface area (Å²) in [5, 5.41) is 2.86. The van der Waals surface area contributed by atoms with Crippen molar-refractivity contribution < 1.29 is 14.0 Å². The van der Waals surface area contributed by atoms with Gasteiger partial charge in [-0.25, -0.2) is 4.39 Å². The average Bonchev–Trinajstić information content (AvgIpc) is 2.73. The molecule has 2 amide bonds. The SMILES string of the molecule is CC(=O)N(CCc1ccc(F)cc1)CC(=O)Nc1ccc(N2CCCCC2)cc1. The van der Waals surface area contributed by atoms with Gasteiger partial charge in [-0.3, -0.25) is 9.59 Å². The highest BCUT2D eigenvalue weighted by atomic mass is 19.1. The molecule has 0 bridgehead atoms. The summed E-state index contributed by atoms with van der Waals surface area (Å²) < 4.78 is 13.0. The Balaban J connectivity index is 1.51. The molecule has 5 nitrogen and oxygen atoms in total. The Hall–Kier alpha value is -2.89. The Kier molecular flexibility index (Phi) is 7.22. The summed E-state index contributed by atoms with van der Waals surface area (Å²) in [6, 6.07) is 14.0. The van der Waals surface area contributed by atoms with Crippen molar-refractivity contribution in [3.05, 3.63) is 59.9 Å². The van der Waals surface area contributed by atoms with E-state index in [0.29, 0.717) is 13.0 Å². The van der Waals surface area contributed by atoms with Crippen LogP contribution in [0.3, 0.4) is 0 Å². The number of anilines is 2. The van der Waals surface area contributed by atoms with Gasteiger partial charge in [0, 0.05) is 37.9 Å². The smallest absolute Gasteiger partial charge is 0.243 e. The minimum atomic E-state index is -0.289. The Morgan fingerprint density at radius 3 is 2.28 bits per heavy atom. The molecule has 1 fully saturated rings. The molecule has 0 radical (unpaired) electrons. The minimum absolute atomic E-state index is 0.00952. The lowest BCUT2D eigenvalue weighted by atomic mass is 10.1. The number of benzene rings is 2. The van der Waals surface area contributed by atoms with E-state index < -0.39 is 0 Å². The van der Waals surface area contributed by atoms with E-state index >= 15 is 0 Å². The third kappa shape index (κ3) is 6.31. The predicted molar refractivity (Wildman–Crippen MR) is 113 cm³/mol. The molecule has 1 aliphatic heterocycles. The van der Waals surface area contributed by atoms with Crippen LogP contribution in [-0.4, -0.2) is 42.9 Å². The quantitative estimate of drug-likeness (QED) is 0.772. The van der Waals surface area contributed by atoms with E-state index in [1.54, 1.807) is 12.1 Å². The van der Waals surface area contributed by atoms with Crippen LogP contribution in [0.4, 0.5) is 15.8 Å². The van der Waals surface area contributed by atoms with Crippen LogP contribution in [0.15, 0.2) is 48.5 Å². The maximum absolute atomic E-state index is 13.0. The standard InChI is InChI=1S/C23H28FN3O2/c1-18(28)27(16-13-19-5-7-20(24)8-6-19)17-23(29)25-21-9-11-22(12-10-21)26-14-3-2-4-15-26/h5-12H,2-4,13-17H2,1H3,(H,25,29). The number of carbonyl (C=O) groups is 2. The number of hydrogen-bond acceptors (Lipinski definition) is 3. The van der Waals surface area contributed by atoms with Crippen molar-refractivity contribution in [2.75, 3.05) is 36.4 Å². The molecule has 2 aromatic carbocycles. The second-order valence-electron chi connectivity index (χ2n) is 7.46. The van der Waals surface area contributed by atoms with E-state index in [2.05, 4.69) is 10.2 Å². The molecule has 1 heterocycles. The van der Waals surface area contributed by atoms with Gasteiger partial charge in [0.25, 0.3) is 0 Å². The van der Waals surface area contributed by atoms with Crippen LogP contribution in [0, 0.1) is 5.82 Å². The lowest BCUT2D eigenvalue weighted by Crippen LogP contribution is -2.38. The first-order chi connectivity index (χ1) is 14.0. The lowest BCUT2D eigenvalue weighted by Gasteiger charge is -2.28. The average molecular weight is 397 g/mol. The molecule has 3 rings (SSSR count). The molecule has 0 atom stereocenters. The zero-order chi connectivity index (χ0) is 20.6. The van der Waals surface area contributed by atoms with E-state index in [4.69, 9.17) is 0 Å². The predicted octanol–water partition coefficient (Wildman–Crippen LogP) is 3.85. The maximum Gasteiger partial charge on any atom is 0.243 e. The molecule has 0 unspecified atom stereocenters. The van der Waals surface area contributed by atoms with E-state index in [1.165, 1.54) is 48.9 Å². The number of halogens is 1. The Morgan fingerprint density at radius 2 is 1.66 bits per heavy atom. The summed E-state index contributed by atoms with van der Waals surface area (Å²) in [5.41, 5.74) is 2.82. The van der Waals surface area contributed by atoms with Gasteiger partial charge >= 0.3 is 0 Å². The molecule has 1 N–H and O–H groups in total. The first kappa shape index (κ1) is 20.8. The Bertz CT molecular complexity index is 815. The second kappa shape index (κ2) is 10.0. The summed E-state index contributed by atoms with van der Waals surface area (Å²) in [4.78, 5) is 28.2. The van der Waals surface area contributed by atoms with Gasteiger partial charge in [0.2, 0.25) is 11.8 Å². The Labute approximate surface area is 171 Å². The van der Waals surface area contributed by atoms with E-state index in [-0.39, 0.29) is 24.2 Å². The van der Waals surface area contributed by atoms with Crippen molar-refractivity contribution in [1.82, 2.24) is 4.90 Å². The van der Waals surface area contributed by atoms with Crippen LogP contribution < -0.4 is 10.2 Å². The molecule has 154 valence electrons. The molecule has 0 aliphatic carbocycles. The van der Waals surface area contributed by atoms with Gasteiger partial charge in [-0.05, 0) is 67.6 Å². The number of amides is 2. The molecule has 2 aromatic rings. The fourth-order valence-electron chi connectivity index (χ4n) is 3.54. The summed E-state index contributed by atoms with van der Waals surface area (Å²) in [6.07, 6.45) is 4.30. The second-order valence-corrected chi connectivity index (χ2v) is 7.46. The lowest BCUT2D eigenvalue weighted by molar-refractivity contribution is -0.132. The van der Waals surface area contributed by atoms with Gasteiger partial charge in [0.1, 0.15) is 5.82 Å². The molecule has 6 heteroatoms. The topological polar surface area (TPSA) is 52.7 Å². The molecular weight excluding hydrogens is 369 g/mol. The molecule has 0 saturated carbocycles. The van der Waals surface area contributed by atoms with Crippen molar-refractivity contribution in [2.24, 2.45) is 0 Å². The first-order valence-electron chi connectivity index (χ1n) is 10.2. The number of nitrogens with one attached hydrogen (secondary N) is 1. The highest BCUT2D eigenvalue weighted by Crippen LogP contribution is 2.21. The molecule has 29 heavy (non-hydrogen) atoms. The summed E-state index contributed by atoms with van der Waals surface area (Å²) in [6.45, 7) is 4.00. The summed E-state index contributed by atoms with van der Waals surface area (Å²) in [5.74, 6) is -0.685. The molecular formula is C23H28FN3O2. The van der Waals surface area contributed by atoms with Crippen molar-refractivity contribution >= 4 is 23.2 Å². The minimum Gasteiger partial charge on any atom is -0.372 e. The molecule has 1 saturated heterocycles. The molecule has 1 aliphatic rings. The van der Waals surface area contributed by atoms with Crippen LogP contribution in [-0.2, 0) is 16.0 Å². The number of hydrogen-bond donors (Lipinski definition) is 1. The first-order valence-corrected chi connectivity index (χ1v) is 10.2. The van der Waals surface area contributed by atoms with Gasteiger partial charge in [-0.2, -0.15) is 0 Å². The van der Waals surface area contributed by atoms with Gasteiger partial charge in [0.15, 0.2) is 0 Å². The van der Waals surface area contributed by atoms with Gasteiger partial charge in [-0.1, -0.05) is 12.1 Å². The van der Waals surface area contributed by atoms with Crippen molar-refractivity contribution in [1.29, 1.82) is 0 Å². The zero-order valence-electron chi connectivity index (χ0n) is 16.9. The Morgan fingerprint density at radius 1 is 1.00 bits per heavy atom. The van der Waals surface area contributed by atoms with E-state index in [9.17, 15) is 14.0 Å². The van der Waals surface area contributed by atoms with Crippen molar-refractivity contribution in [3.63, 3.8) is 0 Å². The van der Waals surface area contributed by atoms with Gasteiger partial charge < -0.3 is 15.1 Å². The fourth-order valence-corrected chi connectivity index (χ4v) is 3.54. The third-order valence-corrected chi connectivity index (χ3v) is 5.24. The van der Waals surface area contributed by atoms with Crippen LogP contribution >= 0.6 is 0 Å². The molecule has 0 aromatic heterocycles. The zero-order valence-corrected chi connectivity index (χ0v) is 16.9. The van der Waals surface area contributed by atoms with Gasteiger partial charge in [0.05, 0.1) is 6.54 Å². The number of carbonyl (C=O) groups excluding carboxylic acids is 2. The molecule has 0 spiro atoms. The van der Waals surface area contributed by atoms with Crippen LogP contribution in [0.1, 0.15) is 31.7 Å². The fraction of sp³-hybridized carbons (Fsp3) is 0.391. The highest BCUT2D eigenvalue weighted by molar-refractivity contribution is 5.94. The third-order valence-electron chi connectivity index (χ3n) is 5.24. The normalized spacial score (nSPS) is 13.8. The van der Waals surface area contributed by atoms with Crippen LogP contribution in [0.5, 0.6) is 0 Å². The van der Waals surface area contributed by atoms with Crippen LogP contribution in [0.2, 0.25) is 0 Å². The van der Waals surface area contributed by atoms with Crippen LogP contribution in [0.25, 0.3) is 0 Å². The maximum atomic E-state index is 13.0.